The van der Waals surface area contributed by atoms with E-state index in [4.69, 9.17) is 69.6 Å². The van der Waals surface area contributed by atoms with Crippen molar-refractivity contribution in [2.75, 3.05) is 6.54 Å². The number of carbonyl (C=O) groups excluding carboxylic acids is 2. The molecule has 0 spiro atoms. The predicted molar refractivity (Wildman–Crippen MR) is 93.6 cm³/mol. The summed E-state index contributed by atoms with van der Waals surface area (Å²) >= 11 is 38.4. The van der Waals surface area contributed by atoms with Crippen molar-refractivity contribution in [3.05, 3.63) is 10.1 Å². The van der Waals surface area contributed by atoms with Crippen molar-refractivity contribution in [1.29, 1.82) is 0 Å². The second-order valence-corrected chi connectivity index (χ2v) is 9.39. The van der Waals surface area contributed by atoms with Crippen molar-refractivity contribution in [2.45, 2.75) is 40.3 Å². The smallest absolute Gasteiger partial charge is 0.235 e. The summed E-state index contributed by atoms with van der Waals surface area (Å²) in [5.41, 5.74) is 0. The van der Waals surface area contributed by atoms with E-state index in [1.54, 1.807) is 0 Å². The lowest BCUT2D eigenvalue weighted by Crippen LogP contribution is -2.50. The van der Waals surface area contributed by atoms with Crippen molar-refractivity contribution in [2.24, 2.45) is 11.8 Å². The average Bonchev–Trinajstić information content (AvgIpc) is 2.86. The van der Waals surface area contributed by atoms with E-state index in [1.807, 2.05) is 6.92 Å². The molecule has 4 atom stereocenters. The second kappa shape index (κ2) is 5.56. The Morgan fingerprint density at radius 3 is 1.74 bits per heavy atom. The Kier molecular flexibility index (Phi) is 4.45. The highest BCUT2D eigenvalue weighted by atomic mass is 35.5. The number of halogens is 6. The topological polar surface area (TPSA) is 37.4 Å². The summed E-state index contributed by atoms with van der Waals surface area (Å²) in [5.74, 6) is -2.91. The van der Waals surface area contributed by atoms with Crippen LogP contribution in [0.2, 0.25) is 0 Å². The first-order valence-electron chi connectivity index (χ1n) is 7.25. The number of likely N-dealkylation sites (tertiary alicyclic amines) is 1. The number of fused-ring (bicyclic) bond motifs is 5. The molecular formula is C14H13Cl6NO2. The third kappa shape index (κ3) is 1.88. The Morgan fingerprint density at radius 2 is 1.35 bits per heavy atom. The number of amides is 2. The maximum Gasteiger partial charge on any atom is 0.235 e. The van der Waals surface area contributed by atoms with Gasteiger partial charge in [0.2, 0.25) is 11.8 Å². The Bertz CT molecular complexity index is 589. The number of unbranched alkanes of at least 4 members (excludes halogenated alkanes) is 2. The van der Waals surface area contributed by atoms with Crippen LogP contribution in [0.15, 0.2) is 10.1 Å². The van der Waals surface area contributed by atoms with Crippen LogP contribution in [-0.4, -0.2) is 37.3 Å². The number of hydrogen-bond donors (Lipinski definition) is 0. The third-order valence-electron chi connectivity index (χ3n) is 4.99. The Balaban J connectivity index is 2.06. The van der Waals surface area contributed by atoms with Gasteiger partial charge in [-0.2, -0.15) is 0 Å². The monoisotopic (exact) mass is 437 g/mol. The van der Waals surface area contributed by atoms with E-state index in [9.17, 15) is 9.59 Å². The second-order valence-electron chi connectivity index (χ2n) is 6.12. The van der Waals surface area contributed by atoms with Gasteiger partial charge in [-0.3, -0.25) is 14.5 Å². The van der Waals surface area contributed by atoms with Gasteiger partial charge in [0, 0.05) is 6.54 Å². The molecule has 2 bridgehead atoms. The molecule has 2 amide bonds. The molecule has 0 radical (unpaired) electrons. The number of allylic oxidation sites excluding steroid dienone is 2. The molecule has 23 heavy (non-hydrogen) atoms. The maximum atomic E-state index is 12.8. The number of imide groups is 1. The molecule has 1 heterocycles. The number of nitrogens with zero attached hydrogens (tertiary/aromatic N) is 1. The SMILES string of the molecule is CCCCCN1C(=O)[C@@H]2[C@@H](C1=O)[C@]1(Cl)C(Cl)=C(Cl)[C@]2(Cl)C1(Cl)Cl. The van der Waals surface area contributed by atoms with Gasteiger partial charge in [0.05, 0.1) is 21.9 Å². The molecule has 0 aromatic carbocycles. The van der Waals surface area contributed by atoms with Gasteiger partial charge >= 0.3 is 0 Å². The van der Waals surface area contributed by atoms with Crippen LogP contribution in [0.25, 0.3) is 0 Å². The fraction of sp³-hybridized carbons (Fsp3) is 0.714. The lowest BCUT2D eigenvalue weighted by atomic mass is 9.84. The fourth-order valence-corrected chi connectivity index (χ4v) is 6.72. The minimum atomic E-state index is -1.85. The number of carbonyl (C=O) groups is 2. The summed E-state index contributed by atoms with van der Waals surface area (Å²) in [6.07, 6.45) is 2.58. The van der Waals surface area contributed by atoms with Crippen LogP contribution in [0.1, 0.15) is 26.2 Å². The summed E-state index contributed by atoms with van der Waals surface area (Å²) in [7, 11) is 0. The molecule has 2 aliphatic carbocycles. The van der Waals surface area contributed by atoms with Crippen molar-refractivity contribution < 1.29 is 9.59 Å². The summed E-state index contributed by atoms with van der Waals surface area (Å²) in [6.45, 7) is 2.34. The van der Waals surface area contributed by atoms with Gasteiger partial charge in [0.25, 0.3) is 0 Å². The van der Waals surface area contributed by atoms with Crippen LogP contribution in [-0.2, 0) is 9.59 Å². The van der Waals surface area contributed by atoms with E-state index in [-0.39, 0.29) is 10.1 Å². The zero-order valence-electron chi connectivity index (χ0n) is 12.0. The van der Waals surface area contributed by atoms with Gasteiger partial charge in [-0.1, -0.05) is 66.2 Å². The quantitative estimate of drug-likeness (QED) is 0.364. The average molecular weight is 440 g/mol. The van der Waals surface area contributed by atoms with E-state index in [2.05, 4.69) is 0 Å². The third-order valence-corrected chi connectivity index (χ3v) is 9.24. The lowest BCUT2D eigenvalue weighted by Gasteiger charge is -2.34. The maximum absolute atomic E-state index is 12.8. The largest absolute Gasteiger partial charge is 0.282 e. The Labute approximate surface area is 164 Å². The molecule has 0 N–H and O–H groups in total. The van der Waals surface area contributed by atoms with Crippen LogP contribution in [0.5, 0.6) is 0 Å². The van der Waals surface area contributed by atoms with Crippen LogP contribution < -0.4 is 0 Å². The molecule has 2 fully saturated rings. The molecule has 3 rings (SSSR count). The van der Waals surface area contributed by atoms with Crippen LogP contribution in [0.3, 0.4) is 0 Å². The predicted octanol–water partition coefficient (Wildman–Crippen LogP) is 4.62. The number of hydrogen-bond acceptors (Lipinski definition) is 2. The summed E-state index contributed by atoms with van der Waals surface area (Å²) in [4.78, 5) is 23.4. The number of alkyl halides is 4. The highest BCUT2D eigenvalue weighted by molar-refractivity contribution is 6.66. The first-order valence-corrected chi connectivity index (χ1v) is 9.52. The lowest BCUT2D eigenvalue weighted by molar-refractivity contribution is -0.140. The first-order chi connectivity index (χ1) is 10.6. The van der Waals surface area contributed by atoms with Crippen molar-refractivity contribution in [3.63, 3.8) is 0 Å². The highest BCUT2D eigenvalue weighted by Crippen LogP contribution is 2.77. The highest BCUT2D eigenvalue weighted by Gasteiger charge is 2.87. The van der Waals surface area contributed by atoms with Crippen LogP contribution in [0.4, 0.5) is 0 Å². The van der Waals surface area contributed by atoms with Gasteiger partial charge in [0.15, 0.2) is 4.33 Å². The van der Waals surface area contributed by atoms with Gasteiger partial charge in [-0.25, -0.2) is 0 Å². The van der Waals surface area contributed by atoms with Crippen molar-refractivity contribution >= 4 is 81.4 Å². The van der Waals surface area contributed by atoms with Gasteiger partial charge < -0.3 is 0 Å². The molecule has 3 nitrogen and oxygen atoms in total. The molecule has 9 heteroatoms. The summed E-state index contributed by atoms with van der Waals surface area (Å²) in [6, 6.07) is 0. The van der Waals surface area contributed by atoms with E-state index in [1.165, 1.54) is 4.90 Å². The summed E-state index contributed by atoms with van der Waals surface area (Å²) in [5, 5.41) is -0.114. The molecule has 1 aliphatic heterocycles. The molecular weight excluding hydrogens is 427 g/mol. The van der Waals surface area contributed by atoms with E-state index >= 15 is 0 Å². The normalized spacial score (nSPS) is 41.3. The zero-order valence-corrected chi connectivity index (χ0v) is 16.6. The molecule has 0 aromatic rings. The van der Waals surface area contributed by atoms with Gasteiger partial charge in [0.1, 0.15) is 9.75 Å². The van der Waals surface area contributed by atoms with E-state index < -0.39 is 37.7 Å². The molecule has 128 valence electrons. The van der Waals surface area contributed by atoms with Gasteiger partial charge in [-0.15, -0.1) is 23.2 Å². The summed E-state index contributed by atoms with van der Waals surface area (Å²) < 4.78 is -1.85. The van der Waals surface area contributed by atoms with Crippen LogP contribution >= 0.6 is 69.6 Å². The fourth-order valence-electron chi connectivity index (χ4n) is 3.79. The minimum Gasteiger partial charge on any atom is -0.282 e. The standard InChI is InChI=1S/C14H13Cl6NO2/c1-2-3-4-5-21-10(22)6-7(11(21)23)13(18)9(16)8(15)12(6,17)14(13,19)20/h6-7H,2-5H2,1H3/t6-,7-,12-,13-/m0/s1. The van der Waals surface area contributed by atoms with Crippen molar-refractivity contribution in [1.82, 2.24) is 4.90 Å². The Hall–Kier alpha value is 0.620. The van der Waals surface area contributed by atoms with Gasteiger partial charge in [-0.05, 0) is 6.42 Å². The molecule has 3 aliphatic rings. The number of rotatable bonds is 4. The molecule has 1 saturated heterocycles. The first kappa shape index (κ1) is 18.4. The Morgan fingerprint density at radius 1 is 0.913 bits per heavy atom. The molecule has 0 aromatic heterocycles. The zero-order chi connectivity index (χ0) is 17.4. The van der Waals surface area contributed by atoms with E-state index in [0.29, 0.717) is 13.0 Å². The van der Waals surface area contributed by atoms with E-state index in [0.717, 1.165) is 12.8 Å². The van der Waals surface area contributed by atoms with Crippen molar-refractivity contribution in [3.8, 4) is 0 Å². The molecule has 1 saturated carbocycles. The molecule has 0 unspecified atom stereocenters. The van der Waals surface area contributed by atoms with Crippen LogP contribution in [0, 0.1) is 11.8 Å². The minimum absolute atomic E-state index is 0.0568.